The lowest BCUT2D eigenvalue weighted by Crippen LogP contribution is -2.23. The summed E-state index contributed by atoms with van der Waals surface area (Å²) in [6.45, 7) is 4.15. The molecule has 72 valence electrons. The van der Waals surface area contributed by atoms with Crippen molar-refractivity contribution < 1.29 is 9.53 Å². The Morgan fingerprint density at radius 1 is 1.43 bits per heavy atom. The minimum atomic E-state index is -0.305. The Hall–Kier alpha value is -1.77. The van der Waals surface area contributed by atoms with Gasteiger partial charge >= 0.3 is 6.09 Å². The zero-order valence-electron chi connectivity index (χ0n) is 7.72. The Morgan fingerprint density at radius 3 is 2.71 bits per heavy atom. The maximum absolute atomic E-state index is 11.4. The fraction of sp³-hybridized carbons (Fsp3) is 0.182. The molecule has 1 aromatic rings. The Balaban J connectivity index is 2.21. The van der Waals surface area contributed by atoms with Crippen molar-refractivity contribution in [3.63, 3.8) is 0 Å². The number of cyclic esters (lactones) is 1. The first-order valence-corrected chi connectivity index (χ1v) is 4.47. The van der Waals surface area contributed by atoms with Crippen LogP contribution in [0.5, 0.6) is 0 Å². The number of rotatable bonds is 2. The first-order valence-electron chi connectivity index (χ1n) is 4.47. The summed E-state index contributed by atoms with van der Waals surface area (Å²) in [4.78, 5) is 13.0. The number of amides is 1. The topological polar surface area (TPSA) is 29.5 Å². The van der Waals surface area contributed by atoms with Crippen LogP contribution in [0.2, 0.25) is 0 Å². The van der Waals surface area contributed by atoms with Crippen LogP contribution in [-0.2, 0) is 4.74 Å². The molecule has 1 aromatic carbocycles. The molecule has 1 atom stereocenters. The van der Waals surface area contributed by atoms with Crippen LogP contribution < -0.4 is 4.90 Å². The highest BCUT2D eigenvalue weighted by Gasteiger charge is 2.29. The second-order valence-electron chi connectivity index (χ2n) is 3.10. The molecule has 1 saturated heterocycles. The van der Waals surface area contributed by atoms with Crippen molar-refractivity contribution in [3.8, 4) is 0 Å². The summed E-state index contributed by atoms with van der Waals surface area (Å²) in [7, 11) is 0. The summed E-state index contributed by atoms with van der Waals surface area (Å²) in [5, 5.41) is 0. The van der Waals surface area contributed by atoms with E-state index in [1.807, 2.05) is 30.3 Å². The van der Waals surface area contributed by atoms with Gasteiger partial charge in [-0.15, -0.1) is 0 Å². The summed E-state index contributed by atoms with van der Waals surface area (Å²) >= 11 is 0. The third-order valence-corrected chi connectivity index (χ3v) is 2.17. The minimum absolute atomic E-state index is 0.192. The van der Waals surface area contributed by atoms with E-state index in [-0.39, 0.29) is 12.2 Å². The molecule has 1 fully saturated rings. The first-order chi connectivity index (χ1) is 6.81. The molecule has 1 aliphatic heterocycles. The average molecular weight is 189 g/mol. The van der Waals surface area contributed by atoms with Gasteiger partial charge in [0, 0.05) is 5.69 Å². The molecule has 0 N–H and O–H groups in total. The smallest absolute Gasteiger partial charge is 0.415 e. The van der Waals surface area contributed by atoms with Crippen LogP contribution in [0.1, 0.15) is 0 Å². The zero-order valence-corrected chi connectivity index (χ0v) is 7.72. The predicted molar refractivity (Wildman–Crippen MR) is 54.3 cm³/mol. The predicted octanol–water partition coefficient (Wildman–Crippen LogP) is 2.20. The van der Waals surface area contributed by atoms with E-state index in [0.29, 0.717) is 6.54 Å². The third kappa shape index (κ3) is 1.48. The fourth-order valence-corrected chi connectivity index (χ4v) is 1.43. The highest BCUT2D eigenvalue weighted by molar-refractivity contribution is 5.89. The van der Waals surface area contributed by atoms with Crippen molar-refractivity contribution >= 4 is 11.8 Å². The van der Waals surface area contributed by atoms with Crippen molar-refractivity contribution in [1.29, 1.82) is 0 Å². The van der Waals surface area contributed by atoms with E-state index in [1.165, 1.54) is 0 Å². The molecule has 0 aliphatic carbocycles. The molecular weight excluding hydrogens is 178 g/mol. The minimum Gasteiger partial charge on any atom is -0.440 e. The van der Waals surface area contributed by atoms with Crippen LogP contribution >= 0.6 is 0 Å². The van der Waals surface area contributed by atoms with E-state index in [1.54, 1.807) is 11.0 Å². The van der Waals surface area contributed by atoms with Gasteiger partial charge in [0.2, 0.25) is 0 Å². The molecule has 1 aliphatic rings. The lowest BCUT2D eigenvalue weighted by Gasteiger charge is -2.11. The third-order valence-electron chi connectivity index (χ3n) is 2.17. The van der Waals surface area contributed by atoms with Crippen LogP contribution in [0.15, 0.2) is 43.0 Å². The lowest BCUT2D eigenvalue weighted by molar-refractivity contribution is 0.160. The van der Waals surface area contributed by atoms with Gasteiger partial charge in [-0.05, 0) is 18.2 Å². The molecule has 0 bridgehead atoms. The maximum Gasteiger partial charge on any atom is 0.415 e. The largest absolute Gasteiger partial charge is 0.440 e. The Bertz CT molecular complexity index is 348. The Labute approximate surface area is 82.6 Å². The van der Waals surface area contributed by atoms with Gasteiger partial charge in [0.15, 0.2) is 0 Å². The highest BCUT2D eigenvalue weighted by Crippen LogP contribution is 2.20. The van der Waals surface area contributed by atoms with Gasteiger partial charge in [-0.1, -0.05) is 24.8 Å². The maximum atomic E-state index is 11.4. The molecule has 0 unspecified atom stereocenters. The normalized spacial score (nSPS) is 20.7. The molecule has 3 nitrogen and oxygen atoms in total. The number of anilines is 1. The van der Waals surface area contributed by atoms with Gasteiger partial charge in [0.1, 0.15) is 6.10 Å². The van der Waals surface area contributed by atoms with Crippen LogP contribution in [0.3, 0.4) is 0 Å². The number of para-hydroxylation sites is 1. The number of nitrogens with zero attached hydrogens (tertiary/aromatic N) is 1. The van der Waals surface area contributed by atoms with Crippen molar-refractivity contribution in [1.82, 2.24) is 0 Å². The van der Waals surface area contributed by atoms with Crippen LogP contribution in [-0.4, -0.2) is 18.7 Å². The summed E-state index contributed by atoms with van der Waals surface area (Å²) in [6, 6.07) is 9.46. The van der Waals surface area contributed by atoms with E-state index in [4.69, 9.17) is 4.74 Å². The zero-order chi connectivity index (χ0) is 9.97. The van der Waals surface area contributed by atoms with E-state index in [0.717, 1.165) is 5.69 Å². The summed E-state index contributed by atoms with van der Waals surface area (Å²) in [6.07, 6.45) is 1.14. The number of hydrogen-bond donors (Lipinski definition) is 0. The Morgan fingerprint density at radius 2 is 2.14 bits per heavy atom. The van der Waals surface area contributed by atoms with E-state index in [9.17, 15) is 4.79 Å². The first kappa shape index (κ1) is 8.81. The molecule has 1 amide bonds. The number of ether oxygens (including phenoxy) is 1. The second-order valence-corrected chi connectivity index (χ2v) is 3.10. The van der Waals surface area contributed by atoms with Crippen LogP contribution in [0, 0.1) is 0 Å². The van der Waals surface area contributed by atoms with E-state index >= 15 is 0 Å². The number of carbonyl (C=O) groups excluding carboxylic acids is 1. The van der Waals surface area contributed by atoms with Gasteiger partial charge in [0.05, 0.1) is 6.54 Å². The van der Waals surface area contributed by atoms with Gasteiger partial charge in [0.25, 0.3) is 0 Å². The number of hydrogen-bond acceptors (Lipinski definition) is 2. The molecule has 0 spiro atoms. The molecule has 14 heavy (non-hydrogen) atoms. The fourth-order valence-electron chi connectivity index (χ4n) is 1.43. The van der Waals surface area contributed by atoms with Crippen molar-refractivity contribution in [3.05, 3.63) is 43.0 Å². The van der Waals surface area contributed by atoms with E-state index < -0.39 is 0 Å². The monoisotopic (exact) mass is 189 g/mol. The van der Waals surface area contributed by atoms with Crippen molar-refractivity contribution in [2.24, 2.45) is 0 Å². The second kappa shape index (κ2) is 3.54. The Kier molecular flexibility index (Phi) is 2.23. The molecular formula is C11H11NO2. The summed E-state index contributed by atoms with van der Waals surface area (Å²) < 4.78 is 5.05. The van der Waals surface area contributed by atoms with Crippen molar-refractivity contribution in [2.45, 2.75) is 6.10 Å². The highest BCUT2D eigenvalue weighted by atomic mass is 16.6. The summed E-state index contributed by atoms with van der Waals surface area (Å²) in [5.74, 6) is 0. The van der Waals surface area contributed by atoms with Gasteiger partial charge in [-0.2, -0.15) is 0 Å². The van der Waals surface area contributed by atoms with Crippen molar-refractivity contribution in [2.75, 3.05) is 11.4 Å². The molecule has 0 saturated carbocycles. The molecule has 1 heterocycles. The SMILES string of the molecule is C=C[C@H]1CN(c2ccccc2)C(=O)O1. The van der Waals surface area contributed by atoms with Gasteiger partial charge in [-0.3, -0.25) is 4.90 Å². The van der Waals surface area contributed by atoms with E-state index in [2.05, 4.69) is 6.58 Å². The molecule has 3 heteroatoms. The number of benzene rings is 1. The molecule has 0 radical (unpaired) electrons. The van der Waals surface area contributed by atoms with Gasteiger partial charge in [-0.25, -0.2) is 4.79 Å². The lowest BCUT2D eigenvalue weighted by atomic mass is 10.3. The summed E-state index contributed by atoms with van der Waals surface area (Å²) in [5.41, 5.74) is 0.863. The quantitative estimate of drug-likeness (QED) is 0.667. The average Bonchev–Trinajstić information content (AvgIpc) is 2.61. The standard InChI is InChI=1S/C11H11NO2/c1-2-10-8-12(11(13)14-10)9-6-4-3-5-7-9/h2-7,10H,1,8H2/t10-/m0/s1. The van der Waals surface area contributed by atoms with Crippen LogP contribution in [0.4, 0.5) is 10.5 Å². The van der Waals surface area contributed by atoms with Crippen LogP contribution in [0.25, 0.3) is 0 Å². The number of carbonyl (C=O) groups is 1. The molecule has 2 rings (SSSR count). The van der Waals surface area contributed by atoms with Gasteiger partial charge < -0.3 is 4.74 Å². The molecule has 0 aromatic heterocycles.